The van der Waals surface area contributed by atoms with E-state index in [0.29, 0.717) is 17.2 Å². The molecule has 0 saturated carbocycles. The topological polar surface area (TPSA) is 76.7 Å². The van der Waals surface area contributed by atoms with E-state index in [9.17, 15) is 8.42 Å². The smallest absolute Gasteiger partial charge is 0.232 e. The van der Waals surface area contributed by atoms with Gasteiger partial charge in [-0.25, -0.2) is 8.42 Å². The molecule has 2 aromatic rings. The Balaban J connectivity index is 1.89. The molecule has 6 nitrogen and oxygen atoms in total. The monoisotopic (exact) mass is 364 g/mol. The molecule has 0 unspecified atom stereocenters. The minimum absolute atomic E-state index is 0.0539. The van der Waals surface area contributed by atoms with Crippen molar-refractivity contribution in [2.75, 3.05) is 36.6 Å². The summed E-state index contributed by atoms with van der Waals surface area (Å²) in [5, 5.41) is 3.31. The van der Waals surface area contributed by atoms with Crippen molar-refractivity contribution in [2.45, 2.75) is 13.3 Å². The van der Waals surface area contributed by atoms with Crippen LogP contribution in [0.3, 0.4) is 0 Å². The Morgan fingerprint density at radius 2 is 1.56 bits per heavy atom. The molecule has 0 fully saturated rings. The molecular weight excluding hydrogens is 340 g/mol. The second kappa shape index (κ2) is 8.62. The van der Waals surface area contributed by atoms with Crippen molar-refractivity contribution in [1.29, 1.82) is 0 Å². The number of hydrogen-bond acceptors (Lipinski definition) is 5. The molecule has 0 atom stereocenters. The molecule has 0 saturated heterocycles. The van der Waals surface area contributed by atoms with E-state index in [1.54, 1.807) is 33.3 Å². The standard InChI is InChI=1S/C18H24N2O4S/c1-4-25(21,22)20-16-8-6-15(7-9-16)19-12-11-14-5-10-17(23-2)18(13-14)24-3/h5-10,13,19-20H,4,11-12H2,1-3H3. The first-order valence-corrected chi connectivity index (χ1v) is 9.68. The summed E-state index contributed by atoms with van der Waals surface area (Å²) in [7, 11) is -0.00961. The molecule has 0 spiro atoms. The largest absolute Gasteiger partial charge is 0.493 e. The van der Waals surface area contributed by atoms with E-state index in [1.165, 1.54) is 0 Å². The van der Waals surface area contributed by atoms with Gasteiger partial charge < -0.3 is 14.8 Å². The van der Waals surface area contributed by atoms with Crippen LogP contribution in [0.15, 0.2) is 42.5 Å². The fourth-order valence-electron chi connectivity index (χ4n) is 2.30. The lowest BCUT2D eigenvalue weighted by atomic mass is 10.1. The van der Waals surface area contributed by atoms with Crippen LogP contribution in [-0.4, -0.2) is 34.9 Å². The van der Waals surface area contributed by atoms with Crippen molar-refractivity contribution in [3.63, 3.8) is 0 Å². The van der Waals surface area contributed by atoms with Crippen LogP contribution >= 0.6 is 0 Å². The number of methoxy groups -OCH3 is 2. The predicted molar refractivity (Wildman–Crippen MR) is 101 cm³/mol. The summed E-state index contributed by atoms with van der Waals surface area (Å²) in [5.41, 5.74) is 2.63. The molecule has 0 amide bonds. The predicted octanol–water partition coefficient (Wildman–Crippen LogP) is 3.12. The number of benzene rings is 2. The van der Waals surface area contributed by atoms with E-state index in [4.69, 9.17) is 9.47 Å². The molecule has 0 aliphatic carbocycles. The third-order valence-corrected chi connectivity index (χ3v) is 5.04. The number of hydrogen-bond donors (Lipinski definition) is 2. The zero-order chi connectivity index (χ0) is 18.3. The number of ether oxygens (including phenoxy) is 2. The first kappa shape index (κ1) is 18.9. The molecular formula is C18H24N2O4S. The number of rotatable bonds is 9. The Bertz CT molecular complexity index is 789. The normalized spacial score (nSPS) is 11.0. The van der Waals surface area contributed by atoms with Gasteiger partial charge in [0.2, 0.25) is 10.0 Å². The first-order chi connectivity index (χ1) is 12.0. The number of anilines is 2. The lowest BCUT2D eigenvalue weighted by Gasteiger charge is -2.11. The van der Waals surface area contributed by atoms with Gasteiger partial charge in [-0.15, -0.1) is 0 Å². The van der Waals surface area contributed by atoms with Crippen LogP contribution < -0.4 is 19.5 Å². The summed E-state index contributed by atoms with van der Waals surface area (Å²) < 4.78 is 36.1. The van der Waals surface area contributed by atoms with Crippen LogP contribution in [0.25, 0.3) is 0 Å². The Labute approximate surface area is 149 Å². The molecule has 7 heteroatoms. The zero-order valence-electron chi connectivity index (χ0n) is 14.7. The maximum absolute atomic E-state index is 11.5. The molecule has 2 N–H and O–H groups in total. The van der Waals surface area contributed by atoms with E-state index < -0.39 is 10.0 Å². The highest BCUT2D eigenvalue weighted by molar-refractivity contribution is 7.92. The molecule has 25 heavy (non-hydrogen) atoms. The highest BCUT2D eigenvalue weighted by atomic mass is 32.2. The van der Waals surface area contributed by atoms with Gasteiger partial charge in [-0.2, -0.15) is 0 Å². The Morgan fingerprint density at radius 3 is 2.16 bits per heavy atom. The highest BCUT2D eigenvalue weighted by Gasteiger charge is 2.06. The Hall–Kier alpha value is -2.41. The Kier molecular flexibility index (Phi) is 6.52. The number of sulfonamides is 1. The van der Waals surface area contributed by atoms with Gasteiger partial charge in [-0.3, -0.25) is 4.72 Å². The molecule has 2 rings (SSSR count). The molecule has 2 aromatic carbocycles. The third-order valence-electron chi connectivity index (χ3n) is 3.73. The van der Waals surface area contributed by atoms with Crippen LogP contribution in [0.1, 0.15) is 12.5 Å². The summed E-state index contributed by atoms with van der Waals surface area (Å²) in [6, 6.07) is 13.0. The fourth-order valence-corrected chi connectivity index (χ4v) is 2.93. The highest BCUT2D eigenvalue weighted by Crippen LogP contribution is 2.27. The summed E-state index contributed by atoms with van der Waals surface area (Å²) in [5.74, 6) is 1.48. The quantitative estimate of drug-likeness (QED) is 0.715. The molecule has 0 aliphatic rings. The molecule has 0 radical (unpaired) electrons. The summed E-state index contributed by atoms with van der Waals surface area (Å²) in [6.45, 7) is 2.35. The van der Waals surface area contributed by atoms with Gasteiger partial charge in [-0.05, 0) is 55.3 Å². The van der Waals surface area contributed by atoms with Crippen LogP contribution in [-0.2, 0) is 16.4 Å². The molecule has 136 valence electrons. The van der Waals surface area contributed by atoms with Gasteiger partial charge in [0.15, 0.2) is 11.5 Å². The third kappa shape index (κ3) is 5.56. The van der Waals surface area contributed by atoms with Crippen LogP contribution in [0.5, 0.6) is 11.5 Å². The fraction of sp³-hybridized carbons (Fsp3) is 0.333. The molecule has 0 heterocycles. The van der Waals surface area contributed by atoms with Gasteiger partial charge in [0.05, 0.1) is 20.0 Å². The number of nitrogens with one attached hydrogen (secondary N) is 2. The van der Waals surface area contributed by atoms with Crippen molar-refractivity contribution < 1.29 is 17.9 Å². The Morgan fingerprint density at radius 1 is 0.920 bits per heavy atom. The maximum atomic E-state index is 11.5. The zero-order valence-corrected chi connectivity index (χ0v) is 15.5. The van der Waals surface area contributed by atoms with E-state index in [1.807, 2.05) is 30.3 Å². The summed E-state index contributed by atoms with van der Waals surface area (Å²) in [6.07, 6.45) is 0.824. The van der Waals surface area contributed by atoms with Crippen molar-refractivity contribution in [3.8, 4) is 11.5 Å². The van der Waals surface area contributed by atoms with Gasteiger partial charge in [0, 0.05) is 17.9 Å². The molecule has 0 bridgehead atoms. The SMILES string of the molecule is CCS(=O)(=O)Nc1ccc(NCCc2ccc(OC)c(OC)c2)cc1. The first-order valence-electron chi connectivity index (χ1n) is 8.02. The second-order valence-corrected chi connectivity index (χ2v) is 7.46. The van der Waals surface area contributed by atoms with Crippen molar-refractivity contribution >= 4 is 21.4 Å². The van der Waals surface area contributed by atoms with Crippen molar-refractivity contribution in [1.82, 2.24) is 0 Å². The minimum atomic E-state index is -3.24. The van der Waals surface area contributed by atoms with E-state index >= 15 is 0 Å². The van der Waals surface area contributed by atoms with Gasteiger partial charge >= 0.3 is 0 Å². The van der Waals surface area contributed by atoms with E-state index in [2.05, 4.69) is 10.0 Å². The maximum Gasteiger partial charge on any atom is 0.232 e. The van der Waals surface area contributed by atoms with Gasteiger partial charge in [-0.1, -0.05) is 6.07 Å². The summed E-state index contributed by atoms with van der Waals surface area (Å²) in [4.78, 5) is 0. The van der Waals surface area contributed by atoms with Crippen LogP contribution in [0.4, 0.5) is 11.4 Å². The van der Waals surface area contributed by atoms with Gasteiger partial charge in [0.25, 0.3) is 0 Å². The van der Waals surface area contributed by atoms with Crippen molar-refractivity contribution in [2.24, 2.45) is 0 Å². The summed E-state index contributed by atoms with van der Waals surface area (Å²) >= 11 is 0. The average molecular weight is 364 g/mol. The average Bonchev–Trinajstić information content (AvgIpc) is 2.62. The van der Waals surface area contributed by atoms with Crippen LogP contribution in [0.2, 0.25) is 0 Å². The molecule has 0 aromatic heterocycles. The van der Waals surface area contributed by atoms with Crippen molar-refractivity contribution in [3.05, 3.63) is 48.0 Å². The lowest BCUT2D eigenvalue weighted by Crippen LogP contribution is -2.14. The van der Waals surface area contributed by atoms with Crippen LogP contribution in [0, 0.1) is 0 Å². The van der Waals surface area contributed by atoms with E-state index in [-0.39, 0.29) is 5.75 Å². The lowest BCUT2D eigenvalue weighted by molar-refractivity contribution is 0.354. The molecule has 0 aliphatic heterocycles. The minimum Gasteiger partial charge on any atom is -0.493 e. The van der Waals surface area contributed by atoms with Gasteiger partial charge in [0.1, 0.15) is 0 Å². The second-order valence-electron chi connectivity index (χ2n) is 5.45. The van der Waals surface area contributed by atoms with E-state index in [0.717, 1.165) is 24.2 Å².